The standard InChI is InChI=1S/C22H20N4O4/c27-20(24-16-13-23-25(14-16)17-5-2-1-3-6-17)15-8-10-22(11-9-15)19-18(21(28)30-22)7-4-12-26(19)29/h1-7,12-15H,8-11H2,(H,24,27)/t15-,22+. The quantitative estimate of drug-likeness (QED) is 0.411. The molecule has 5 rings (SSSR count). The van der Waals surface area contributed by atoms with Gasteiger partial charge in [0.15, 0.2) is 11.8 Å². The molecule has 30 heavy (non-hydrogen) atoms. The van der Waals surface area contributed by atoms with Crippen LogP contribution in [0.25, 0.3) is 5.69 Å². The molecule has 0 bridgehead atoms. The maximum absolute atomic E-state index is 12.8. The summed E-state index contributed by atoms with van der Waals surface area (Å²) in [6.45, 7) is 0. The van der Waals surface area contributed by atoms with Crippen molar-refractivity contribution in [1.29, 1.82) is 0 Å². The Morgan fingerprint density at radius 2 is 1.97 bits per heavy atom. The second-order valence-electron chi connectivity index (χ2n) is 7.75. The molecule has 0 unspecified atom stereocenters. The van der Waals surface area contributed by atoms with E-state index in [2.05, 4.69) is 10.4 Å². The molecule has 8 nitrogen and oxygen atoms in total. The second-order valence-corrected chi connectivity index (χ2v) is 7.75. The molecule has 1 N–H and O–H groups in total. The molecule has 0 saturated heterocycles. The lowest BCUT2D eigenvalue weighted by atomic mass is 9.76. The average Bonchev–Trinajstić information content (AvgIpc) is 3.33. The Hall–Kier alpha value is -3.68. The Morgan fingerprint density at radius 3 is 2.73 bits per heavy atom. The Morgan fingerprint density at radius 1 is 1.20 bits per heavy atom. The third-order valence-electron chi connectivity index (χ3n) is 5.93. The minimum Gasteiger partial charge on any atom is -0.618 e. The van der Waals surface area contributed by atoms with E-state index in [9.17, 15) is 14.8 Å². The van der Waals surface area contributed by atoms with Crippen molar-refractivity contribution >= 4 is 17.6 Å². The zero-order valence-corrected chi connectivity index (χ0v) is 16.2. The van der Waals surface area contributed by atoms with Gasteiger partial charge in [0.1, 0.15) is 5.56 Å². The van der Waals surface area contributed by atoms with E-state index in [1.165, 1.54) is 6.20 Å². The van der Waals surface area contributed by atoms with Gasteiger partial charge in [0.25, 0.3) is 5.69 Å². The first-order valence-electron chi connectivity index (χ1n) is 9.93. The van der Waals surface area contributed by atoms with Crippen molar-refractivity contribution in [3.05, 3.63) is 77.5 Å². The summed E-state index contributed by atoms with van der Waals surface area (Å²) in [7, 11) is 0. The average molecular weight is 404 g/mol. The highest BCUT2D eigenvalue weighted by atomic mass is 16.6. The first-order chi connectivity index (χ1) is 14.6. The fourth-order valence-corrected chi connectivity index (χ4v) is 4.42. The molecular weight excluding hydrogens is 384 g/mol. The van der Waals surface area contributed by atoms with Gasteiger partial charge in [0.2, 0.25) is 5.91 Å². The number of carbonyl (C=O) groups is 2. The van der Waals surface area contributed by atoms with E-state index < -0.39 is 11.6 Å². The lowest BCUT2D eigenvalue weighted by molar-refractivity contribution is -0.621. The van der Waals surface area contributed by atoms with Crippen LogP contribution in [0, 0.1) is 11.1 Å². The van der Waals surface area contributed by atoms with Crippen molar-refractivity contribution in [3.63, 3.8) is 0 Å². The molecule has 8 heteroatoms. The van der Waals surface area contributed by atoms with Crippen LogP contribution in [0.3, 0.4) is 0 Å². The number of esters is 1. The molecule has 1 saturated carbocycles. The summed E-state index contributed by atoms with van der Waals surface area (Å²) in [5.41, 5.74) is 1.30. The summed E-state index contributed by atoms with van der Waals surface area (Å²) in [4.78, 5) is 25.0. The van der Waals surface area contributed by atoms with E-state index in [0.717, 1.165) is 10.4 Å². The number of benzene rings is 1. The number of hydrogen-bond acceptors (Lipinski definition) is 5. The largest absolute Gasteiger partial charge is 0.618 e. The molecular formula is C22H20N4O4. The maximum atomic E-state index is 12.8. The summed E-state index contributed by atoms with van der Waals surface area (Å²) in [5, 5.41) is 19.5. The molecule has 1 fully saturated rings. The normalized spacial score (nSPS) is 22.5. The van der Waals surface area contributed by atoms with Crippen molar-refractivity contribution < 1.29 is 19.1 Å². The number of amides is 1. The minimum atomic E-state index is -0.926. The van der Waals surface area contributed by atoms with Gasteiger partial charge in [-0.05, 0) is 43.9 Å². The Balaban J connectivity index is 1.27. The molecule has 152 valence electrons. The van der Waals surface area contributed by atoms with Crippen LogP contribution in [0.4, 0.5) is 5.69 Å². The van der Waals surface area contributed by atoms with Crippen molar-refractivity contribution in [2.24, 2.45) is 5.92 Å². The van der Waals surface area contributed by atoms with Gasteiger partial charge < -0.3 is 15.3 Å². The lowest BCUT2D eigenvalue weighted by Crippen LogP contribution is -2.44. The van der Waals surface area contributed by atoms with E-state index >= 15 is 0 Å². The van der Waals surface area contributed by atoms with E-state index in [0.29, 0.717) is 42.6 Å². The van der Waals surface area contributed by atoms with Crippen molar-refractivity contribution in [1.82, 2.24) is 9.78 Å². The third kappa shape index (κ3) is 3.01. The number of nitrogens with one attached hydrogen (secondary N) is 1. The number of pyridine rings is 1. The SMILES string of the molecule is O=C1O[C@]2(CC[C@@H](C(=O)Nc3cnn(-c4ccccc4)c3)CC2)c2c1ccc[n+]2[O-]. The van der Waals surface area contributed by atoms with Crippen molar-refractivity contribution in [3.8, 4) is 5.69 Å². The molecule has 2 aliphatic rings. The van der Waals surface area contributed by atoms with Gasteiger partial charge in [-0.3, -0.25) is 4.79 Å². The van der Waals surface area contributed by atoms with E-state index in [-0.39, 0.29) is 11.8 Å². The van der Waals surface area contributed by atoms with Crippen LogP contribution < -0.4 is 10.0 Å². The summed E-state index contributed by atoms with van der Waals surface area (Å²) in [5.74, 6) is -0.779. The number of carbonyl (C=O) groups excluding carboxylic acids is 2. The first kappa shape index (κ1) is 18.4. The highest BCUT2D eigenvalue weighted by Crippen LogP contribution is 2.46. The molecule has 0 radical (unpaired) electrons. The number of aromatic nitrogens is 3. The molecule has 3 heterocycles. The van der Waals surface area contributed by atoms with Crippen LogP contribution in [0.1, 0.15) is 41.7 Å². The molecule has 1 aliphatic carbocycles. The molecule has 2 aromatic heterocycles. The fraction of sp³-hybridized carbons (Fsp3) is 0.273. The Labute approximate surface area is 172 Å². The predicted molar refractivity (Wildman–Crippen MR) is 107 cm³/mol. The first-order valence-corrected chi connectivity index (χ1v) is 9.93. The van der Waals surface area contributed by atoms with Gasteiger partial charge >= 0.3 is 5.97 Å². The van der Waals surface area contributed by atoms with Crippen molar-refractivity contribution in [2.75, 3.05) is 5.32 Å². The minimum absolute atomic E-state index is 0.0925. The zero-order chi connectivity index (χ0) is 20.7. The fourth-order valence-electron chi connectivity index (χ4n) is 4.42. The van der Waals surface area contributed by atoms with Gasteiger partial charge in [-0.15, -0.1) is 0 Å². The Kier molecular flexibility index (Phi) is 4.27. The molecule has 1 spiro atoms. The highest BCUT2D eigenvalue weighted by Gasteiger charge is 2.54. The van der Waals surface area contributed by atoms with Gasteiger partial charge in [-0.25, -0.2) is 9.48 Å². The number of fused-ring (bicyclic) bond motifs is 2. The van der Waals surface area contributed by atoms with E-state index in [1.807, 2.05) is 30.3 Å². The van der Waals surface area contributed by atoms with E-state index in [4.69, 9.17) is 4.74 Å². The van der Waals surface area contributed by atoms with Crippen LogP contribution in [-0.2, 0) is 15.1 Å². The van der Waals surface area contributed by atoms with Gasteiger partial charge in [-0.1, -0.05) is 18.2 Å². The molecule has 0 atom stereocenters. The van der Waals surface area contributed by atoms with Gasteiger partial charge in [0, 0.05) is 12.0 Å². The molecule has 3 aromatic rings. The topological polar surface area (TPSA) is 100 Å². The zero-order valence-electron chi connectivity index (χ0n) is 16.2. The number of para-hydroxylation sites is 1. The number of rotatable bonds is 3. The van der Waals surface area contributed by atoms with Crippen LogP contribution >= 0.6 is 0 Å². The lowest BCUT2D eigenvalue weighted by Gasteiger charge is -2.33. The van der Waals surface area contributed by atoms with Gasteiger partial charge in [0.05, 0.1) is 23.8 Å². The predicted octanol–water partition coefficient (Wildman–Crippen LogP) is 2.70. The summed E-state index contributed by atoms with van der Waals surface area (Å²) < 4.78 is 8.06. The monoisotopic (exact) mass is 404 g/mol. The Bertz CT molecular complexity index is 1120. The highest BCUT2D eigenvalue weighted by molar-refractivity contribution is 5.94. The van der Waals surface area contributed by atoms with Crippen LogP contribution in [-0.4, -0.2) is 21.7 Å². The number of ether oxygens (including phenoxy) is 1. The number of anilines is 1. The smallest absolute Gasteiger partial charge is 0.345 e. The van der Waals surface area contributed by atoms with E-state index in [1.54, 1.807) is 29.2 Å². The van der Waals surface area contributed by atoms with Gasteiger partial charge in [-0.2, -0.15) is 9.83 Å². The summed E-state index contributed by atoms with van der Waals surface area (Å²) >= 11 is 0. The summed E-state index contributed by atoms with van der Waals surface area (Å²) in [6, 6.07) is 12.8. The van der Waals surface area contributed by atoms with Crippen LogP contribution in [0.15, 0.2) is 61.1 Å². The van der Waals surface area contributed by atoms with Crippen LogP contribution in [0.2, 0.25) is 0 Å². The van der Waals surface area contributed by atoms with Crippen LogP contribution in [0.5, 0.6) is 0 Å². The number of nitrogens with zero attached hydrogens (tertiary/aromatic N) is 3. The third-order valence-corrected chi connectivity index (χ3v) is 5.93. The second kappa shape index (κ2) is 6.98. The molecule has 1 aliphatic heterocycles. The van der Waals surface area contributed by atoms with Crippen molar-refractivity contribution in [2.45, 2.75) is 31.3 Å². The number of hydrogen-bond donors (Lipinski definition) is 1. The molecule has 1 aromatic carbocycles. The molecule has 1 amide bonds. The maximum Gasteiger partial charge on any atom is 0.345 e. The summed E-state index contributed by atoms with van der Waals surface area (Å²) in [6.07, 6.45) is 6.71.